The number of rotatable bonds is 4. The van der Waals surface area contributed by atoms with Crippen LogP contribution >= 0.6 is 22.9 Å². The minimum absolute atomic E-state index is 0.0499. The van der Waals surface area contributed by atoms with Gasteiger partial charge in [0.05, 0.1) is 6.54 Å². The molecule has 1 fully saturated rings. The van der Waals surface area contributed by atoms with E-state index in [0.29, 0.717) is 6.54 Å². The second-order valence-corrected chi connectivity index (χ2v) is 6.82. The Balaban J connectivity index is 1.73. The van der Waals surface area contributed by atoms with Crippen molar-refractivity contribution >= 4 is 34.0 Å². The number of thiazole rings is 1. The van der Waals surface area contributed by atoms with Crippen LogP contribution in [-0.4, -0.2) is 49.0 Å². The average molecular weight is 351 g/mol. The minimum atomic E-state index is 0.0499. The summed E-state index contributed by atoms with van der Waals surface area (Å²) in [7, 11) is 1.78. The van der Waals surface area contributed by atoms with Gasteiger partial charge >= 0.3 is 0 Å². The maximum Gasteiger partial charge on any atom is 0.242 e. The summed E-state index contributed by atoms with van der Waals surface area (Å²) in [4.78, 5) is 20.6. The van der Waals surface area contributed by atoms with Crippen LogP contribution in [-0.2, 0) is 4.79 Å². The van der Waals surface area contributed by atoms with Gasteiger partial charge in [0.2, 0.25) is 5.91 Å². The van der Waals surface area contributed by atoms with E-state index < -0.39 is 0 Å². The summed E-state index contributed by atoms with van der Waals surface area (Å²) in [6.45, 7) is 2.89. The first-order valence-electron chi connectivity index (χ1n) is 7.51. The van der Waals surface area contributed by atoms with Gasteiger partial charge in [-0.15, -0.1) is 11.3 Å². The highest BCUT2D eigenvalue weighted by atomic mass is 35.5. The molecule has 1 aromatic carbocycles. The first kappa shape index (κ1) is 16.4. The molecule has 1 atom stereocenters. The zero-order chi connectivity index (χ0) is 16.2. The van der Waals surface area contributed by atoms with Crippen LogP contribution in [0, 0.1) is 0 Å². The Morgan fingerprint density at radius 1 is 1.57 bits per heavy atom. The number of amides is 1. The van der Waals surface area contributed by atoms with E-state index in [1.807, 2.05) is 23.6 Å². The van der Waals surface area contributed by atoms with Gasteiger partial charge < -0.3 is 5.32 Å². The topological polar surface area (TPSA) is 48.5 Å². The Morgan fingerprint density at radius 3 is 3.17 bits per heavy atom. The molecule has 0 bridgehead atoms. The zero-order valence-corrected chi connectivity index (χ0v) is 14.5. The summed E-state index contributed by atoms with van der Waals surface area (Å²) < 4.78 is 0. The molecule has 5 nitrogen and oxygen atoms in total. The molecular formula is C16H19ClN4OS. The molecule has 0 saturated carbocycles. The maximum atomic E-state index is 12.6. The van der Waals surface area contributed by atoms with Crippen molar-refractivity contribution in [2.24, 2.45) is 0 Å². The molecule has 1 unspecified atom stereocenters. The van der Waals surface area contributed by atoms with E-state index in [2.05, 4.69) is 21.3 Å². The molecular weight excluding hydrogens is 332 g/mol. The average Bonchev–Trinajstić information content (AvgIpc) is 3.09. The first-order valence-corrected chi connectivity index (χ1v) is 8.77. The normalized spacial score (nSPS) is 18.8. The van der Waals surface area contributed by atoms with Crippen LogP contribution in [0.4, 0.5) is 5.13 Å². The molecule has 23 heavy (non-hydrogen) atoms. The highest BCUT2D eigenvalue weighted by Crippen LogP contribution is 2.25. The zero-order valence-electron chi connectivity index (χ0n) is 12.9. The summed E-state index contributed by atoms with van der Waals surface area (Å²) in [6.07, 6.45) is 1.71. The predicted octanol–water partition coefficient (Wildman–Crippen LogP) is 2.41. The Bertz CT molecular complexity index is 664. The van der Waals surface area contributed by atoms with Gasteiger partial charge in [0, 0.05) is 49.3 Å². The fraction of sp³-hybridized carbons (Fsp3) is 0.375. The van der Waals surface area contributed by atoms with Crippen LogP contribution in [0.2, 0.25) is 5.02 Å². The number of carbonyl (C=O) groups is 1. The van der Waals surface area contributed by atoms with Gasteiger partial charge in [0.1, 0.15) is 0 Å². The Morgan fingerprint density at radius 2 is 2.43 bits per heavy atom. The number of anilines is 1. The molecule has 0 aliphatic carbocycles. The monoisotopic (exact) mass is 350 g/mol. The van der Waals surface area contributed by atoms with Gasteiger partial charge in [-0.2, -0.15) is 0 Å². The number of likely N-dealkylation sites (N-methyl/N-ethyl adjacent to an activating group) is 1. The van der Waals surface area contributed by atoms with Gasteiger partial charge in [0.25, 0.3) is 0 Å². The summed E-state index contributed by atoms with van der Waals surface area (Å²) in [5, 5.41) is 6.71. The standard InChI is InChI=1S/C16H19ClN4OS/c1-20(16-19-6-8-23-16)15(22)11-21-7-5-18-10-14(21)12-3-2-4-13(17)9-12/h2-4,6,8-9,14,18H,5,7,10-11H2,1H3. The van der Waals surface area contributed by atoms with Crippen molar-refractivity contribution in [2.45, 2.75) is 6.04 Å². The molecule has 0 radical (unpaired) electrons. The van der Waals surface area contributed by atoms with Gasteiger partial charge in [-0.05, 0) is 17.7 Å². The van der Waals surface area contributed by atoms with Crippen LogP contribution in [0.3, 0.4) is 0 Å². The molecule has 2 aromatic rings. The molecule has 0 spiro atoms. The Kier molecular flexibility index (Phi) is 5.27. The number of hydrogen-bond donors (Lipinski definition) is 1. The third-order valence-corrected chi connectivity index (χ3v) is 5.09. The molecule has 1 aliphatic heterocycles. The molecule has 2 heterocycles. The van der Waals surface area contributed by atoms with Crippen molar-refractivity contribution < 1.29 is 4.79 Å². The third-order valence-electron chi connectivity index (χ3n) is 4.01. The number of piperazine rings is 1. The predicted molar refractivity (Wildman–Crippen MR) is 94.2 cm³/mol. The second-order valence-electron chi connectivity index (χ2n) is 5.51. The van der Waals surface area contributed by atoms with Gasteiger partial charge in [0.15, 0.2) is 5.13 Å². The molecule has 1 N–H and O–H groups in total. The minimum Gasteiger partial charge on any atom is -0.314 e. The van der Waals surface area contributed by atoms with Crippen molar-refractivity contribution in [2.75, 3.05) is 38.1 Å². The highest BCUT2D eigenvalue weighted by Gasteiger charge is 2.27. The van der Waals surface area contributed by atoms with Crippen LogP contribution in [0.25, 0.3) is 0 Å². The van der Waals surface area contributed by atoms with E-state index in [1.165, 1.54) is 11.3 Å². The van der Waals surface area contributed by atoms with Gasteiger partial charge in [-0.1, -0.05) is 23.7 Å². The van der Waals surface area contributed by atoms with Crippen LogP contribution in [0.5, 0.6) is 0 Å². The van der Waals surface area contributed by atoms with Crippen molar-refractivity contribution in [1.29, 1.82) is 0 Å². The Hall–Kier alpha value is -1.47. The van der Waals surface area contributed by atoms with Crippen LogP contribution in [0.15, 0.2) is 35.8 Å². The SMILES string of the molecule is CN(C(=O)CN1CCNCC1c1cccc(Cl)c1)c1nccs1. The van der Waals surface area contributed by atoms with E-state index in [0.717, 1.165) is 35.4 Å². The lowest BCUT2D eigenvalue weighted by Gasteiger charge is -2.36. The van der Waals surface area contributed by atoms with Crippen molar-refractivity contribution in [3.8, 4) is 0 Å². The smallest absolute Gasteiger partial charge is 0.242 e. The van der Waals surface area contributed by atoms with E-state index in [9.17, 15) is 4.79 Å². The molecule has 1 saturated heterocycles. The number of halogens is 1. The largest absolute Gasteiger partial charge is 0.314 e. The molecule has 1 aromatic heterocycles. The quantitative estimate of drug-likeness (QED) is 0.920. The van der Waals surface area contributed by atoms with E-state index in [1.54, 1.807) is 18.1 Å². The fourth-order valence-electron chi connectivity index (χ4n) is 2.75. The fourth-order valence-corrected chi connectivity index (χ4v) is 3.57. The number of carbonyl (C=O) groups excluding carboxylic acids is 1. The van der Waals surface area contributed by atoms with E-state index >= 15 is 0 Å². The number of aromatic nitrogens is 1. The third kappa shape index (κ3) is 3.90. The lowest BCUT2D eigenvalue weighted by molar-refractivity contribution is -0.120. The van der Waals surface area contributed by atoms with Crippen LogP contribution in [0.1, 0.15) is 11.6 Å². The Labute approximate surface area is 144 Å². The van der Waals surface area contributed by atoms with Crippen molar-refractivity contribution in [1.82, 2.24) is 15.2 Å². The molecule has 3 rings (SSSR count). The van der Waals surface area contributed by atoms with Gasteiger partial charge in [-0.3, -0.25) is 14.6 Å². The van der Waals surface area contributed by atoms with E-state index in [4.69, 9.17) is 11.6 Å². The lowest BCUT2D eigenvalue weighted by Crippen LogP contribution is -2.49. The lowest BCUT2D eigenvalue weighted by atomic mass is 10.0. The van der Waals surface area contributed by atoms with Crippen LogP contribution < -0.4 is 10.2 Å². The molecule has 122 valence electrons. The van der Waals surface area contributed by atoms with Crippen molar-refractivity contribution in [3.05, 3.63) is 46.4 Å². The molecule has 7 heteroatoms. The summed E-state index contributed by atoms with van der Waals surface area (Å²) in [5.41, 5.74) is 1.13. The summed E-state index contributed by atoms with van der Waals surface area (Å²) in [5.74, 6) is 0.0499. The maximum absolute atomic E-state index is 12.6. The summed E-state index contributed by atoms with van der Waals surface area (Å²) in [6, 6.07) is 8.00. The number of nitrogens with zero attached hydrogens (tertiary/aromatic N) is 3. The van der Waals surface area contributed by atoms with E-state index in [-0.39, 0.29) is 11.9 Å². The number of benzene rings is 1. The number of nitrogens with one attached hydrogen (secondary N) is 1. The second kappa shape index (κ2) is 7.40. The first-order chi connectivity index (χ1) is 11.1. The molecule has 1 amide bonds. The van der Waals surface area contributed by atoms with Gasteiger partial charge in [-0.25, -0.2) is 4.98 Å². The molecule has 1 aliphatic rings. The van der Waals surface area contributed by atoms with Crippen molar-refractivity contribution in [3.63, 3.8) is 0 Å². The number of hydrogen-bond acceptors (Lipinski definition) is 5. The summed E-state index contributed by atoms with van der Waals surface area (Å²) >= 11 is 7.58. The highest BCUT2D eigenvalue weighted by molar-refractivity contribution is 7.13.